The fourth-order valence-corrected chi connectivity index (χ4v) is 4.04. The Labute approximate surface area is 162 Å². The van der Waals surface area contributed by atoms with Crippen LogP contribution in [0.5, 0.6) is 5.75 Å². The summed E-state index contributed by atoms with van der Waals surface area (Å²) in [5.41, 5.74) is 2.31. The summed E-state index contributed by atoms with van der Waals surface area (Å²) >= 11 is 0. The van der Waals surface area contributed by atoms with Crippen LogP contribution in [0.3, 0.4) is 0 Å². The van der Waals surface area contributed by atoms with E-state index in [1.165, 1.54) is 25.3 Å². The SMILES string of the molecule is COc1ccc(CC(=O)O)cc1S(=O)(=O)Nc1cccc(-n2nccc2C)c1. The Morgan fingerprint density at radius 1 is 1.21 bits per heavy atom. The van der Waals surface area contributed by atoms with E-state index in [1.807, 2.05) is 19.1 Å². The second-order valence-electron chi connectivity index (χ2n) is 6.10. The van der Waals surface area contributed by atoms with Gasteiger partial charge in [0.05, 0.1) is 24.9 Å². The number of hydrogen-bond acceptors (Lipinski definition) is 5. The van der Waals surface area contributed by atoms with Gasteiger partial charge in [-0.25, -0.2) is 13.1 Å². The molecule has 9 heteroatoms. The van der Waals surface area contributed by atoms with Gasteiger partial charge >= 0.3 is 5.97 Å². The van der Waals surface area contributed by atoms with Crippen LogP contribution in [0.4, 0.5) is 5.69 Å². The van der Waals surface area contributed by atoms with Gasteiger partial charge in [0, 0.05) is 11.9 Å². The van der Waals surface area contributed by atoms with Crippen LogP contribution in [0.2, 0.25) is 0 Å². The van der Waals surface area contributed by atoms with Crippen molar-refractivity contribution >= 4 is 21.7 Å². The minimum atomic E-state index is -4.01. The molecule has 0 atom stereocenters. The van der Waals surface area contributed by atoms with Gasteiger partial charge in [-0.1, -0.05) is 12.1 Å². The number of anilines is 1. The monoisotopic (exact) mass is 401 g/mol. The summed E-state index contributed by atoms with van der Waals surface area (Å²) in [6, 6.07) is 12.9. The van der Waals surface area contributed by atoms with Crippen LogP contribution in [0.25, 0.3) is 5.69 Å². The highest BCUT2D eigenvalue weighted by atomic mass is 32.2. The maximum absolute atomic E-state index is 12.9. The minimum absolute atomic E-state index is 0.126. The van der Waals surface area contributed by atoms with E-state index in [-0.39, 0.29) is 17.1 Å². The average molecular weight is 401 g/mol. The summed E-state index contributed by atoms with van der Waals surface area (Å²) < 4.78 is 35.2. The molecule has 2 N–H and O–H groups in total. The van der Waals surface area contributed by atoms with Crippen LogP contribution in [0.1, 0.15) is 11.3 Å². The average Bonchev–Trinajstić information content (AvgIpc) is 3.07. The Kier molecular flexibility index (Phi) is 5.36. The van der Waals surface area contributed by atoms with Gasteiger partial charge in [-0.05, 0) is 48.9 Å². The van der Waals surface area contributed by atoms with Gasteiger partial charge in [-0.15, -0.1) is 0 Å². The third-order valence-corrected chi connectivity index (χ3v) is 5.45. The van der Waals surface area contributed by atoms with Gasteiger partial charge in [0.2, 0.25) is 0 Å². The summed E-state index contributed by atoms with van der Waals surface area (Å²) in [7, 11) is -2.65. The third-order valence-electron chi connectivity index (χ3n) is 4.05. The van der Waals surface area contributed by atoms with Crippen LogP contribution < -0.4 is 9.46 Å². The van der Waals surface area contributed by atoms with Crippen LogP contribution in [0.15, 0.2) is 59.6 Å². The number of ether oxygens (including phenoxy) is 1. The molecule has 0 radical (unpaired) electrons. The van der Waals surface area contributed by atoms with Crippen molar-refractivity contribution in [2.24, 2.45) is 0 Å². The molecule has 0 fully saturated rings. The standard InChI is InChI=1S/C19H19N3O5S/c1-13-8-9-20-22(13)16-5-3-4-15(12-16)21-28(25,26)18-10-14(11-19(23)24)6-7-17(18)27-2/h3-10,12,21H,11H2,1-2H3,(H,23,24). The van der Waals surface area contributed by atoms with Crippen molar-refractivity contribution in [3.05, 3.63) is 66.0 Å². The maximum atomic E-state index is 12.9. The summed E-state index contributed by atoms with van der Waals surface area (Å²) in [6.07, 6.45) is 1.37. The smallest absolute Gasteiger partial charge is 0.307 e. The molecule has 0 saturated carbocycles. The first-order valence-electron chi connectivity index (χ1n) is 8.33. The molecular weight excluding hydrogens is 382 g/mol. The van der Waals surface area contributed by atoms with Crippen molar-refractivity contribution in [1.29, 1.82) is 0 Å². The molecule has 0 spiro atoms. The van der Waals surface area contributed by atoms with E-state index in [9.17, 15) is 13.2 Å². The number of aromatic nitrogens is 2. The van der Waals surface area contributed by atoms with Crippen molar-refractivity contribution in [2.75, 3.05) is 11.8 Å². The Bertz CT molecular complexity index is 1120. The number of sulfonamides is 1. The maximum Gasteiger partial charge on any atom is 0.307 e. The lowest BCUT2D eigenvalue weighted by atomic mass is 10.1. The van der Waals surface area contributed by atoms with Crippen molar-refractivity contribution < 1.29 is 23.1 Å². The fourth-order valence-electron chi connectivity index (χ4n) is 2.77. The Balaban J connectivity index is 1.96. The number of carbonyl (C=O) groups is 1. The first-order valence-corrected chi connectivity index (χ1v) is 9.81. The third kappa shape index (κ3) is 4.15. The van der Waals surface area contributed by atoms with Crippen molar-refractivity contribution in [1.82, 2.24) is 9.78 Å². The Morgan fingerprint density at radius 2 is 2.00 bits per heavy atom. The van der Waals surface area contributed by atoms with Crippen molar-refractivity contribution in [3.8, 4) is 11.4 Å². The summed E-state index contributed by atoms with van der Waals surface area (Å²) in [5.74, 6) is -0.926. The van der Waals surface area contributed by atoms with Gasteiger partial charge in [0.15, 0.2) is 0 Å². The molecule has 3 rings (SSSR count). The van der Waals surface area contributed by atoms with Crippen molar-refractivity contribution in [2.45, 2.75) is 18.2 Å². The number of nitrogens with zero attached hydrogens (tertiary/aromatic N) is 2. The summed E-state index contributed by atoms with van der Waals surface area (Å²) in [4.78, 5) is 10.8. The van der Waals surface area contributed by atoms with E-state index in [4.69, 9.17) is 9.84 Å². The minimum Gasteiger partial charge on any atom is -0.495 e. The van der Waals surface area contributed by atoms with Crippen molar-refractivity contribution in [3.63, 3.8) is 0 Å². The van der Waals surface area contributed by atoms with E-state index in [1.54, 1.807) is 29.1 Å². The van der Waals surface area contributed by atoms with Gasteiger partial charge in [0.25, 0.3) is 10.0 Å². The second kappa shape index (κ2) is 7.73. The first kappa shape index (κ1) is 19.4. The van der Waals surface area contributed by atoms with E-state index in [0.717, 1.165) is 5.69 Å². The number of aryl methyl sites for hydroxylation is 1. The molecule has 8 nitrogen and oxygen atoms in total. The predicted octanol–water partition coefficient (Wildman–Crippen LogP) is 2.62. The molecule has 0 saturated heterocycles. The van der Waals surface area contributed by atoms with E-state index >= 15 is 0 Å². The molecule has 28 heavy (non-hydrogen) atoms. The summed E-state index contributed by atoms with van der Waals surface area (Å²) in [6.45, 7) is 1.89. The zero-order chi connectivity index (χ0) is 20.3. The number of carboxylic acids is 1. The summed E-state index contributed by atoms with van der Waals surface area (Å²) in [5, 5.41) is 13.2. The topological polar surface area (TPSA) is 111 Å². The van der Waals surface area contributed by atoms with Crippen LogP contribution in [0, 0.1) is 6.92 Å². The molecule has 2 aromatic carbocycles. The lowest BCUT2D eigenvalue weighted by Crippen LogP contribution is -2.15. The zero-order valence-corrected chi connectivity index (χ0v) is 16.1. The van der Waals surface area contributed by atoms with Crippen LogP contribution >= 0.6 is 0 Å². The molecule has 1 aromatic heterocycles. The normalized spacial score (nSPS) is 11.2. The number of carboxylic acid groups (broad SMARTS) is 1. The molecule has 0 aliphatic carbocycles. The highest BCUT2D eigenvalue weighted by Crippen LogP contribution is 2.28. The molecular formula is C19H19N3O5S. The molecule has 0 aliphatic heterocycles. The number of rotatable bonds is 7. The molecule has 3 aromatic rings. The van der Waals surface area contributed by atoms with Gasteiger partial charge in [0.1, 0.15) is 10.6 Å². The lowest BCUT2D eigenvalue weighted by molar-refractivity contribution is -0.136. The first-order chi connectivity index (χ1) is 13.3. The Hall–Kier alpha value is -3.33. The molecule has 0 unspecified atom stereocenters. The number of hydrogen-bond donors (Lipinski definition) is 2. The molecule has 0 bridgehead atoms. The number of methoxy groups -OCH3 is 1. The highest BCUT2D eigenvalue weighted by Gasteiger charge is 2.21. The molecule has 1 heterocycles. The van der Waals surface area contributed by atoms with Crippen LogP contribution in [-0.4, -0.2) is 36.4 Å². The lowest BCUT2D eigenvalue weighted by Gasteiger charge is -2.14. The number of aliphatic carboxylic acids is 1. The molecule has 0 aliphatic rings. The van der Waals surface area contributed by atoms with E-state index in [0.29, 0.717) is 16.9 Å². The fraction of sp³-hybridized carbons (Fsp3) is 0.158. The zero-order valence-electron chi connectivity index (χ0n) is 15.3. The number of benzene rings is 2. The Morgan fingerprint density at radius 3 is 2.64 bits per heavy atom. The number of nitrogens with one attached hydrogen (secondary N) is 1. The van der Waals surface area contributed by atoms with Gasteiger partial charge in [-0.2, -0.15) is 5.10 Å². The highest BCUT2D eigenvalue weighted by molar-refractivity contribution is 7.92. The van der Waals surface area contributed by atoms with E-state index in [2.05, 4.69) is 9.82 Å². The predicted molar refractivity (Wildman–Crippen MR) is 103 cm³/mol. The van der Waals surface area contributed by atoms with Gasteiger partial charge in [-0.3, -0.25) is 9.52 Å². The van der Waals surface area contributed by atoms with E-state index < -0.39 is 16.0 Å². The molecule has 0 amide bonds. The van der Waals surface area contributed by atoms with Gasteiger partial charge < -0.3 is 9.84 Å². The van der Waals surface area contributed by atoms with Crippen LogP contribution in [-0.2, 0) is 21.2 Å². The second-order valence-corrected chi connectivity index (χ2v) is 7.75. The molecule has 146 valence electrons. The quantitative estimate of drug-likeness (QED) is 0.630. The largest absolute Gasteiger partial charge is 0.495 e.